The van der Waals surface area contributed by atoms with Gasteiger partial charge in [-0.1, -0.05) is 12.8 Å². The van der Waals surface area contributed by atoms with Crippen LogP contribution >= 0.6 is 0 Å². The van der Waals surface area contributed by atoms with Crippen LogP contribution in [0.1, 0.15) is 63.9 Å². The fourth-order valence-corrected chi connectivity index (χ4v) is 3.17. The van der Waals surface area contributed by atoms with Crippen LogP contribution < -0.4 is 5.32 Å². The zero-order valence-corrected chi connectivity index (χ0v) is 12.8. The lowest BCUT2D eigenvalue weighted by molar-refractivity contribution is 0.0936. The van der Waals surface area contributed by atoms with Crippen LogP contribution in [-0.4, -0.2) is 11.9 Å². The number of nitrogens with one attached hydrogen (secondary N) is 1. The van der Waals surface area contributed by atoms with E-state index >= 15 is 0 Å². The molecule has 1 aliphatic carbocycles. The largest absolute Gasteiger partial charge is 0.349 e. The molecule has 1 aromatic carbocycles. The average molecular weight is 259 g/mol. The molecule has 1 fully saturated rings. The van der Waals surface area contributed by atoms with Crippen molar-refractivity contribution in [3.8, 4) is 0 Å². The van der Waals surface area contributed by atoms with E-state index in [1.165, 1.54) is 29.5 Å². The van der Waals surface area contributed by atoms with E-state index in [1.807, 2.05) is 0 Å². The standard InChI is InChI=1S/C17H25NO/c1-10-11(2)13(4)16(14(5)12(10)3)17(19)18-15-8-6-7-9-15/h15H,6-9H2,1-5H3,(H,18,19). The number of benzene rings is 1. The Morgan fingerprint density at radius 2 is 1.26 bits per heavy atom. The topological polar surface area (TPSA) is 29.1 Å². The van der Waals surface area contributed by atoms with Gasteiger partial charge in [-0.3, -0.25) is 4.79 Å². The minimum atomic E-state index is 0.119. The van der Waals surface area contributed by atoms with Crippen molar-refractivity contribution in [3.63, 3.8) is 0 Å². The SMILES string of the molecule is Cc1c(C)c(C)c(C(=O)NC2CCCC2)c(C)c1C. The van der Waals surface area contributed by atoms with E-state index in [0.717, 1.165) is 29.5 Å². The zero-order valence-electron chi connectivity index (χ0n) is 12.8. The van der Waals surface area contributed by atoms with Crippen molar-refractivity contribution in [1.82, 2.24) is 5.32 Å². The summed E-state index contributed by atoms with van der Waals surface area (Å²) in [6.45, 7) is 10.5. The lowest BCUT2D eigenvalue weighted by atomic mass is 9.89. The van der Waals surface area contributed by atoms with E-state index in [-0.39, 0.29) is 5.91 Å². The van der Waals surface area contributed by atoms with Crippen LogP contribution in [0.2, 0.25) is 0 Å². The van der Waals surface area contributed by atoms with E-state index in [0.29, 0.717) is 6.04 Å². The molecule has 2 rings (SSSR count). The molecular weight excluding hydrogens is 234 g/mol. The highest BCUT2D eigenvalue weighted by atomic mass is 16.1. The number of carbonyl (C=O) groups is 1. The Bertz CT molecular complexity index is 481. The maximum atomic E-state index is 12.5. The van der Waals surface area contributed by atoms with Crippen molar-refractivity contribution in [2.45, 2.75) is 66.3 Å². The summed E-state index contributed by atoms with van der Waals surface area (Å²) < 4.78 is 0. The van der Waals surface area contributed by atoms with Gasteiger partial charge in [0.1, 0.15) is 0 Å². The highest BCUT2D eigenvalue weighted by molar-refractivity contribution is 5.98. The fraction of sp³-hybridized carbons (Fsp3) is 0.588. The second-order valence-electron chi connectivity index (χ2n) is 5.95. The number of carbonyl (C=O) groups excluding carboxylic acids is 1. The van der Waals surface area contributed by atoms with Gasteiger partial charge in [-0.25, -0.2) is 0 Å². The highest BCUT2D eigenvalue weighted by Crippen LogP contribution is 2.26. The van der Waals surface area contributed by atoms with Gasteiger partial charge >= 0.3 is 0 Å². The molecule has 1 aliphatic rings. The lowest BCUT2D eigenvalue weighted by Crippen LogP contribution is -2.33. The molecule has 2 heteroatoms. The van der Waals surface area contributed by atoms with Crippen molar-refractivity contribution in [2.24, 2.45) is 0 Å². The molecule has 1 aromatic rings. The molecular formula is C17H25NO. The van der Waals surface area contributed by atoms with Crippen LogP contribution in [0.3, 0.4) is 0 Å². The summed E-state index contributed by atoms with van der Waals surface area (Å²) >= 11 is 0. The van der Waals surface area contributed by atoms with Crippen molar-refractivity contribution >= 4 is 5.91 Å². The number of rotatable bonds is 2. The van der Waals surface area contributed by atoms with Gasteiger partial charge in [-0.15, -0.1) is 0 Å². The van der Waals surface area contributed by atoms with E-state index in [2.05, 4.69) is 39.9 Å². The molecule has 104 valence electrons. The molecule has 0 saturated heterocycles. The first-order chi connectivity index (χ1) is 8.93. The maximum Gasteiger partial charge on any atom is 0.252 e. The van der Waals surface area contributed by atoms with Crippen molar-refractivity contribution in [3.05, 3.63) is 33.4 Å². The van der Waals surface area contributed by atoms with Crippen molar-refractivity contribution < 1.29 is 4.79 Å². The summed E-state index contributed by atoms with van der Waals surface area (Å²) in [4.78, 5) is 12.5. The molecule has 0 unspecified atom stereocenters. The van der Waals surface area contributed by atoms with Crippen LogP contribution in [0, 0.1) is 34.6 Å². The fourth-order valence-electron chi connectivity index (χ4n) is 3.17. The molecule has 19 heavy (non-hydrogen) atoms. The summed E-state index contributed by atoms with van der Waals surface area (Å²) in [5.74, 6) is 0.119. The lowest BCUT2D eigenvalue weighted by Gasteiger charge is -2.20. The normalized spacial score (nSPS) is 15.8. The van der Waals surface area contributed by atoms with Gasteiger partial charge < -0.3 is 5.32 Å². The molecule has 0 radical (unpaired) electrons. The minimum Gasteiger partial charge on any atom is -0.349 e. The molecule has 0 aliphatic heterocycles. The van der Waals surface area contributed by atoms with E-state index in [9.17, 15) is 4.79 Å². The van der Waals surface area contributed by atoms with E-state index in [1.54, 1.807) is 0 Å². The molecule has 0 atom stereocenters. The quantitative estimate of drug-likeness (QED) is 0.857. The van der Waals surface area contributed by atoms with Gasteiger partial charge in [-0.2, -0.15) is 0 Å². The molecule has 1 saturated carbocycles. The highest BCUT2D eigenvalue weighted by Gasteiger charge is 2.22. The van der Waals surface area contributed by atoms with Crippen LogP contribution in [0.25, 0.3) is 0 Å². The molecule has 0 heterocycles. The summed E-state index contributed by atoms with van der Waals surface area (Å²) in [5.41, 5.74) is 6.98. The van der Waals surface area contributed by atoms with Crippen LogP contribution in [0.5, 0.6) is 0 Å². The molecule has 0 spiro atoms. The van der Waals surface area contributed by atoms with Crippen LogP contribution in [0.4, 0.5) is 0 Å². The Hall–Kier alpha value is -1.31. The van der Waals surface area contributed by atoms with Gasteiger partial charge in [0.05, 0.1) is 0 Å². The van der Waals surface area contributed by atoms with Gasteiger partial charge in [0, 0.05) is 11.6 Å². The minimum absolute atomic E-state index is 0.119. The molecule has 0 bridgehead atoms. The van der Waals surface area contributed by atoms with Crippen LogP contribution in [0.15, 0.2) is 0 Å². The third kappa shape index (κ3) is 2.54. The molecule has 0 aromatic heterocycles. The molecule has 1 amide bonds. The summed E-state index contributed by atoms with van der Waals surface area (Å²) in [5, 5.41) is 3.21. The Morgan fingerprint density at radius 3 is 1.74 bits per heavy atom. The first-order valence-electron chi connectivity index (χ1n) is 7.31. The molecule has 1 N–H and O–H groups in total. The van der Waals surface area contributed by atoms with E-state index < -0.39 is 0 Å². The first-order valence-corrected chi connectivity index (χ1v) is 7.31. The third-order valence-corrected chi connectivity index (χ3v) is 4.92. The van der Waals surface area contributed by atoms with Crippen LogP contribution in [-0.2, 0) is 0 Å². The summed E-state index contributed by atoms with van der Waals surface area (Å²) in [6.07, 6.45) is 4.76. The Kier molecular flexibility index (Phi) is 3.98. The van der Waals surface area contributed by atoms with Crippen molar-refractivity contribution in [1.29, 1.82) is 0 Å². The van der Waals surface area contributed by atoms with Gasteiger partial charge in [0.15, 0.2) is 0 Å². The molecule has 2 nitrogen and oxygen atoms in total. The number of hydrogen-bond donors (Lipinski definition) is 1. The first kappa shape index (κ1) is 14.1. The van der Waals surface area contributed by atoms with E-state index in [4.69, 9.17) is 0 Å². The van der Waals surface area contributed by atoms with Gasteiger partial charge in [0.2, 0.25) is 0 Å². The monoisotopic (exact) mass is 259 g/mol. The number of amides is 1. The smallest absolute Gasteiger partial charge is 0.252 e. The van der Waals surface area contributed by atoms with Crippen molar-refractivity contribution in [2.75, 3.05) is 0 Å². The average Bonchev–Trinajstić information content (AvgIpc) is 2.87. The summed E-state index contributed by atoms with van der Waals surface area (Å²) in [6, 6.07) is 0.383. The Morgan fingerprint density at radius 1 is 0.842 bits per heavy atom. The predicted molar refractivity (Wildman–Crippen MR) is 79.8 cm³/mol. The van der Waals surface area contributed by atoms with Gasteiger partial charge in [-0.05, 0) is 75.3 Å². The third-order valence-electron chi connectivity index (χ3n) is 4.92. The Balaban J connectivity index is 2.36. The van der Waals surface area contributed by atoms with Gasteiger partial charge in [0.25, 0.3) is 5.91 Å². The predicted octanol–water partition coefficient (Wildman–Crippen LogP) is 3.90. The zero-order chi connectivity index (χ0) is 14.2. The second kappa shape index (κ2) is 5.36. The second-order valence-corrected chi connectivity index (χ2v) is 5.95. The summed E-state index contributed by atoms with van der Waals surface area (Å²) in [7, 11) is 0. The Labute approximate surface area is 116 Å². The number of hydrogen-bond acceptors (Lipinski definition) is 1. The maximum absolute atomic E-state index is 12.5.